The molecule has 2 aliphatic heterocycles. The maximum Gasteiger partial charge on any atom is 0.339 e. The third-order valence-corrected chi connectivity index (χ3v) is 5.50. The third-order valence-electron chi connectivity index (χ3n) is 2.84. The second kappa shape index (κ2) is 5.94. The second-order valence-corrected chi connectivity index (χ2v) is 8.89. The first-order valence-electron chi connectivity index (χ1n) is 5.54. The number of nitrogens with zero attached hydrogens (tertiary/aromatic N) is 1. The fourth-order valence-corrected chi connectivity index (χ4v) is 2.20. The molecule has 2 saturated heterocycles. The van der Waals surface area contributed by atoms with E-state index in [2.05, 4.69) is 15.9 Å². The van der Waals surface area contributed by atoms with Crippen molar-refractivity contribution < 1.29 is 24.2 Å². The van der Waals surface area contributed by atoms with Gasteiger partial charge in [-0.2, -0.15) is 0 Å². The van der Waals surface area contributed by atoms with Crippen LogP contribution < -0.4 is 0 Å². The topological polar surface area (TPSA) is 76.1 Å². The van der Waals surface area contributed by atoms with Crippen molar-refractivity contribution in [1.82, 2.24) is 4.90 Å². The number of halogens is 5. The lowest BCUT2D eigenvalue weighted by Gasteiger charge is -2.35. The van der Waals surface area contributed by atoms with Gasteiger partial charge in [0.05, 0.1) is 13.0 Å². The summed E-state index contributed by atoms with van der Waals surface area (Å²) in [5.41, 5.74) is 0. The lowest BCUT2D eigenvalue weighted by Crippen LogP contribution is -2.56. The highest BCUT2D eigenvalue weighted by atomic mass is 79.9. The van der Waals surface area contributed by atoms with Gasteiger partial charge in [0, 0.05) is 0 Å². The molecule has 2 aliphatic rings. The first-order valence-corrected chi connectivity index (χ1v) is 7.85. The zero-order valence-corrected chi connectivity index (χ0v) is 14.7. The SMILES string of the molecule is O=C(OC(Cl)(Cl)C(Cl)(Cl)Br)[C@H]1/C(=C/CO)O[C@@H]2CC(=O)N21. The summed E-state index contributed by atoms with van der Waals surface area (Å²) in [6.07, 6.45) is 0.797. The summed E-state index contributed by atoms with van der Waals surface area (Å²) in [5, 5.41) is 8.93. The smallest absolute Gasteiger partial charge is 0.339 e. The predicted octanol–water partition coefficient (Wildman–Crippen LogP) is 2.02. The van der Waals surface area contributed by atoms with Gasteiger partial charge in [-0.15, -0.1) is 0 Å². The number of carbonyl (C=O) groups is 2. The van der Waals surface area contributed by atoms with E-state index in [-0.39, 0.29) is 24.7 Å². The molecule has 11 heteroatoms. The van der Waals surface area contributed by atoms with Crippen LogP contribution in [0.25, 0.3) is 0 Å². The van der Waals surface area contributed by atoms with Crippen LogP contribution >= 0.6 is 62.3 Å². The Morgan fingerprint density at radius 2 is 2.14 bits per heavy atom. The fourth-order valence-electron chi connectivity index (χ4n) is 1.89. The molecule has 118 valence electrons. The number of esters is 1. The van der Waals surface area contributed by atoms with Crippen molar-refractivity contribution >= 4 is 74.2 Å². The minimum atomic E-state index is -2.30. The first-order chi connectivity index (χ1) is 9.58. The summed E-state index contributed by atoms with van der Waals surface area (Å²) < 4.78 is 5.93. The van der Waals surface area contributed by atoms with Crippen molar-refractivity contribution in [1.29, 1.82) is 0 Å². The zero-order chi connectivity index (χ0) is 16.0. The van der Waals surface area contributed by atoms with E-state index < -0.39 is 26.0 Å². The summed E-state index contributed by atoms with van der Waals surface area (Å²) in [6, 6.07) is -1.19. The number of aliphatic hydroxyl groups excluding tert-OH is 1. The molecule has 6 nitrogen and oxygen atoms in total. The summed E-state index contributed by atoms with van der Waals surface area (Å²) >= 11 is 25.6. The molecule has 2 heterocycles. The molecule has 2 rings (SSSR count). The van der Waals surface area contributed by atoms with Crippen LogP contribution in [0.3, 0.4) is 0 Å². The molecular formula is C10H8BrCl4NO5. The molecule has 0 aromatic heterocycles. The molecule has 0 aromatic carbocycles. The Bertz CT molecular complexity index is 506. The van der Waals surface area contributed by atoms with Crippen LogP contribution in [0.5, 0.6) is 0 Å². The van der Waals surface area contributed by atoms with Crippen LogP contribution in [0.1, 0.15) is 6.42 Å². The summed E-state index contributed by atoms with van der Waals surface area (Å²) in [7, 11) is 0. The van der Waals surface area contributed by atoms with Crippen LogP contribution in [-0.2, 0) is 19.1 Å². The highest BCUT2D eigenvalue weighted by Crippen LogP contribution is 2.49. The number of hydrogen-bond donors (Lipinski definition) is 1. The molecule has 2 fully saturated rings. The summed E-state index contributed by atoms with van der Waals surface area (Å²) in [5.74, 6) is -1.22. The van der Waals surface area contributed by atoms with Gasteiger partial charge in [0.25, 0.3) is 0 Å². The molecular weight excluding hydrogens is 436 g/mol. The predicted molar refractivity (Wildman–Crippen MR) is 79.2 cm³/mol. The minimum Gasteiger partial charge on any atom is -0.472 e. The highest BCUT2D eigenvalue weighted by Gasteiger charge is 2.57. The summed E-state index contributed by atoms with van der Waals surface area (Å²) in [4.78, 5) is 24.9. The largest absolute Gasteiger partial charge is 0.472 e. The molecule has 0 bridgehead atoms. The Morgan fingerprint density at radius 3 is 2.62 bits per heavy atom. The number of alkyl halides is 5. The quantitative estimate of drug-likeness (QED) is 0.409. The molecule has 21 heavy (non-hydrogen) atoms. The number of rotatable bonds is 4. The molecule has 0 saturated carbocycles. The lowest BCUT2D eigenvalue weighted by atomic mass is 10.1. The molecule has 0 spiro atoms. The Hall–Kier alpha value is 0.0800. The van der Waals surface area contributed by atoms with E-state index in [1.54, 1.807) is 0 Å². The number of aliphatic hydroxyl groups is 1. The lowest BCUT2D eigenvalue weighted by molar-refractivity contribution is -0.167. The van der Waals surface area contributed by atoms with Crippen molar-refractivity contribution in [2.24, 2.45) is 0 Å². The van der Waals surface area contributed by atoms with E-state index in [4.69, 9.17) is 61.0 Å². The number of fused-ring (bicyclic) bond motifs is 1. The number of hydrogen-bond acceptors (Lipinski definition) is 5. The minimum absolute atomic E-state index is 0.0757. The highest BCUT2D eigenvalue weighted by molar-refractivity contribution is 9.11. The van der Waals surface area contributed by atoms with Gasteiger partial charge in [0.2, 0.25) is 9.15 Å². The monoisotopic (exact) mass is 441 g/mol. The number of β-lactam (4-membered cyclic amide) rings is 1. The Kier molecular flexibility index (Phi) is 4.93. The Morgan fingerprint density at radius 1 is 1.52 bits per heavy atom. The average Bonchev–Trinajstić information content (AvgIpc) is 2.60. The number of ether oxygens (including phenoxy) is 2. The van der Waals surface area contributed by atoms with Crippen molar-refractivity contribution in [3.05, 3.63) is 11.8 Å². The summed E-state index contributed by atoms with van der Waals surface area (Å²) in [6.45, 7) is -0.381. The van der Waals surface area contributed by atoms with Gasteiger partial charge in [-0.1, -0.05) is 46.4 Å². The van der Waals surface area contributed by atoms with Gasteiger partial charge < -0.3 is 14.6 Å². The van der Waals surface area contributed by atoms with Crippen LogP contribution in [0.4, 0.5) is 0 Å². The van der Waals surface area contributed by atoms with Crippen molar-refractivity contribution in [2.45, 2.75) is 26.5 Å². The van der Waals surface area contributed by atoms with Crippen molar-refractivity contribution in [2.75, 3.05) is 6.61 Å². The van der Waals surface area contributed by atoms with Gasteiger partial charge >= 0.3 is 10.5 Å². The van der Waals surface area contributed by atoms with E-state index >= 15 is 0 Å². The van der Waals surface area contributed by atoms with E-state index in [0.717, 1.165) is 4.90 Å². The maximum absolute atomic E-state index is 12.2. The van der Waals surface area contributed by atoms with Crippen molar-refractivity contribution in [3.8, 4) is 0 Å². The first kappa shape index (κ1) is 17.4. The Balaban J connectivity index is 2.20. The van der Waals surface area contributed by atoms with E-state index in [1.807, 2.05) is 0 Å². The van der Waals surface area contributed by atoms with E-state index in [9.17, 15) is 9.59 Å². The number of carbonyl (C=O) groups excluding carboxylic acids is 2. The van der Waals surface area contributed by atoms with Crippen LogP contribution in [0.15, 0.2) is 11.8 Å². The van der Waals surface area contributed by atoms with Crippen molar-refractivity contribution in [3.63, 3.8) is 0 Å². The number of amides is 1. The zero-order valence-electron chi connectivity index (χ0n) is 10.1. The van der Waals surface area contributed by atoms with E-state index in [0.29, 0.717) is 0 Å². The van der Waals surface area contributed by atoms with Gasteiger partial charge in [0.1, 0.15) is 5.76 Å². The molecule has 0 unspecified atom stereocenters. The molecule has 0 aromatic rings. The van der Waals surface area contributed by atoms with Crippen LogP contribution in [0, 0.1) is 0 Å². The molecule has 2 atom stereocenters. The average molecular weight is 444 g/mol. The van der Waals surface area contributed by atoms with Crippen LogP contribution in [-0.4, -0.2) is 48.5 Å². The maximum atomic E-state index is 12.2. The van der Waals surface area contributed by atoms with Gasteiger partial charge in [0.15, 0.2) is 12.3 Å². The molecule has 1 N–H and O–H groups in total. The van der Waals surface area contributed by atoms with E-state index in [1.165, 1.54) is 6.08 Å². The normalized spacial score (nSPS) is 27.2. The molecule has 1 amide bonds. The van der Waals surface area contributed by atoms with Gasteiger partial charge in [-0.05, 0) is 22.0 Å². The Labute approximate surface area is 148 Å². The van der Waals surface area contributed by atoms with Gasteiger partial charge in [-0.3, -0.25) is 9.69 Å². The molecule has 0 aliphatic carbocycles. The van der Waals surface area contributed by atoms with Gasteiger partial charge in [-0.25, -0.2) is 4.79 Å². The fraction of sp³-hybridized carbons (Fsp3) is 0.600. The third kappa shape index (κ3) is 3.23. The molecule has 0 radical (unpaired) electrons. The van der Waals surface area contributed by atoms with Crippen LogP contribution in [0.2, 0.25) is 0 Å². The second-order valence-electron chi connectivity index (χ2n) is 4.20. The standard InChI is InChI=1S/C10H8BrCl4NO5/c11-9(12,13)10(14,15)21-8(19)7-4(1-2-17)20-6-3-5(18)16(6)7/h1,6-7,17H,2-3H2/b4-1-/t6-,7-/m1/s1.